The van der Waals surface area contributed by atoms with Crippen molar-refractivity contribution in [3.05, 3.63) is 71.0 Å². The van der Waals surface area contributed by atoms with E-state index in [1.54, 1.807) is 47.2 Å². The fourth-order valence-corrected chi connectivity index (χ4v) is 3.97. The lowest BCUT2D eigenvalue weighted by Crippen LogP contribution is -2.46. The topological polar surface area (TPSA) is 89.4 Å². The fraction of sp³-hybridized carbons (Fsp3) is 0.333. The van der Waals surface area contributed by atoms with E-state index in [0.717, 1.165) is 16.8 Å². The van der Waals surface area contributed by atoms with Crippen LogP contribution in [0.5, 0.6) is 5.75 Å². The second-order valence-corrected chi connectivity index (χ2v) is 8.16. The third-order valence-corrected chi connectivity index (χ3v) is 5.65. The number of carbonyl (C=O) groups is 2. The minimum absolute atomic E-state index is 0.0274. The first-order valence-electron chi connectivity index (χ1n) is 10.7. The van der Waals surface area contributed by atoms with E-state index in [0.29, 0.717) is 42.9 Å². The molecule has 1 N–H and O–H groups in total. The van der Waals surface area contributed by atoms with E-state index in [9.17, 15) is 9.59 Å². The molecule has 8 nitrogen and oxygen atoms in total. The van der Waals surface area contributed by atoms with Crippen molar-refractivity contribution in [2.75, 3.05) is 20.2 Å². The molecule has 4 rings (SSSR count). The number of likely N-dealkylation sites (tertiary alicyclic amines) is 1. The monoisotopic (exact) mass is 433 g/mol. The Labute approximate surface area is 187 Å². The summed E-state index contributed by atoms with van der Waals surface area (Å²) in [5, 5.41) is 11.3. The zero-order valence-electron chi connectivity index (χ0n) is 18.5. The third kappa shape index (κ3) is 4.80. The van der Waals surface area contributed by atoms with E-state index in [-0.39, 0.29) is 17.9 Å². The van der Waals surface area contributed by atoms with Gasteiger partial charge < -0.3 is 15.0 Å². The number of benzene rings is 2. The number of amides is 2. The van der Waals surface area contributed by atoms with Crippen LogP contribution < -0.4 is 10.1 Å². The molecule has 0 aliphatic carbocycles. The van der Waals surface area contributed by atoms with Crippen molar-refractivity contribution < 1.29 is 14.3 Å². The highest BCUT2D eigenvalue weighted by atomic mass is 16.5. The summed E-state index contributed by atoms with van der Waals surface area (Å²) in [4.78, 5) is 27.2. The van der Waals surface area contributed by atoms with E-state index in [1.807, 2.05) is 26.0 Å². The molecule has 166 valence electrons. The van der Waals surface area contributed by atoms with Crippen LogP contribution in [0, 0.1) is 13.8 Å². The van der Waals surface area contributed by atoms with Gasteiger partial charge in [-0.05, 0) is 74.2 Å². The van der Waals surface area contributed by atoms with Gasteiger partial charge in [0.05, 0.1) is 19.0 Å². The first-order valence-corrected chi connectivity index (χ1v) is 10.7. The van der Waals surface area contributed by atoms with Gasteiger partial charge in [-0.3, -0.25) is 9.59 Å². The van der Waals surface area contributed by atoms with Crippen LogP contribution in [0.25, 0.3) is 5.69 Å². The molecule has 0 unspecified atom stereocenters. The maximum Gasteiger partial charge on any atom is 0.276 e. The predicted molar refractivity (Wildman–Crippen MR) is 120 cm³/mol. The van der Waals surface area contributed by atoms with Gasteiger partial charge in [0.15, 0.2) is 5.69 Å². The minimum Gasteiger partial charge on any atom is -0.497 e. The lowest BCUT2D eigenvalue weighted by Gasteiger charge is -2.31. The maximum absolute atomic E-state index is 12.9. The summed E-state index contributed by atoms with van der Waals surface area (Å²) < 4.78 is 6.76. The number of rotatable bonds is 5. The molecule has 0 bridgehead atoms. The van der Waals surface area contributed by atoms with Gasteiger partial charge in [0, 0.05) is 24.7 Å². The van der Waals surface area contributed by atoms with Crippen molar-refractivity contribution in [3.63, 3.8) is 0 Å². The molecule has 1 aliphatic heterocycles. The predicted octanol–water partition coefficient (Wildman–Crippen LogP) is 2.93. The smallest absolute Gasteiger partial charge is 0.276 e. The number of piperidine rings is 1. The van der Waals surface area contributed by atoms with Gasteiger partial charge >= 0.3 is 0 Å². The molecule has 2 heterocycles. The van der Waals surface area contributed by atoms with Crippen molar-refractivity contribution in [3.8, 4) is 11.4 Å². The third-order valence-electron chi connectivity index (χ3n) is 5.65. The average Bonchev–Trinajstić information content (AvgIpc) is 3.29. The Kier molecular flexibility index (Phi) is 6.20. The number of aryl methyl sites for hydroxylation is 2. The SMILES string of the molecule is COc1ccc(C(=O)NC2CCN(C(=O)c3cn(-c4cc(C)cc(C)c4)nn3)CC2)cc1. The molecule has 0 atom stereocenters. The van der Waals surface area contributed by atoms with Crippen LogP contribution in [0.2, 0.25) is 0 Å². The van der Waals surface area contributed by atoms with Crippen molar-refractivity contribution in [1.29, 1.82) is 0 Å². The Bertz CT molecular complexity index is 1090. The van der Waals surface area contributed by atoms with Crippen LogP contribution in [0.3, 0.4) is 0 Å². The minimum atomic E-state index is -0.138. The number of nitrogens with zero attached hydrogens (tertiary/aromatic N) is 4. The molecule has 0 radical (unpaired) electrons. The highest BCUT2D eigenvalue weighted by Crippen LogP contribution is 2.17. The average molecular weight is 434 g/mol. The lowest BCUT2D eigenvalue weighted by atomic mass is 10.0. The largest absolute Gasteiger partial charge is 0.497 e. The molecular formula is C24H27N5O3. The van der Waals surface area contributed by atoms with Crippen LogP contribution in [-0.2, 0) is 0 Å². The van der Waals surface area contributed by atoms with Crippen LogP contribution in [0.15, 0.2) is 48.7 Å². The van der Waals surface area contributed by atoms with E-state index in [1.165, 1.54) is 0 Å². The Hall–Kier alpha value is -3.68. The maximum atomic E-state index is 12.9. The highest BCUT2D eigenvalue weighted by Gasteiger charge is 2.26. The quantitative estimate of drug-likeness (QED) is 0.668. The summed E-state index contributed by atoms with van der Waals surface area (Å²) in [7, 11) is 1.59. The second-order valence-electron chi connectivity index (χ2n) is 8.16. The van der Waals surface area contributed by atoms with Crippen molar-refractivity contribution >= 4 is 11.8 Å². The summed E-state index contributed by atoms with van der Waals surface area (Å²) in [6.45, 7) is 5.17. The summed E-state index contributed by atoms with van der Waals surface area (Å²) in [5.41, 5.74) is 4.05. The van der Waals surface area contributed by atoms with Crippen molar-refractivity contribution in [2.45, 2.75) is 32.7 Å². The first kappa shape index (κ1) is 21.5. The van der Waals surface area contributed by atoms with Crippen molar-refractivity contribution in [2.24, 2.45) is 0 Å². The molecule has 0 saturated carbocycles. The molecule has 1 aromatic heterocycles. The number of aromatic nitrogens is 3. The standard InChI is InChI=1S/C24H27N5O3/c1-16-12-17(2)14-20(13-16)29-15-22(26-27-29)24(31)28-10-8-19(9-11-28)25-23(30)18-4-6-21(32-3)7-5-18/h4-7,12-15,19H,8-11H2,1-3H3,(H,25,30). The van der Waals surface area contributed by atoms with Gasteiger partial charge in [0.2, 0.25) is 0 Å². The molecular weight excluding hydrogens is 406 g/mol. The highest BCUT2D eigenvalue weighted by molar-refractivity contribution is 5.94. The molecule has 1 aliphatic rings. The number of hydrogen-bond donors (Lipinski definition) is 1. The summed E-state index contributed by atoms with van der Waals surface area (Å²) >= 11 is 0. The van der Waals surface area contributed by atoms with Crippen LogP contribution in [0.1, 0.15) is 44.8 Å². The summed E-state index contributed by atoms with van der Waals surface area (Å²) in [5.74, 6) is 0.456. The number of ether oxygens (including phenoxy) is 1. The molecule has 1 fully saturated rings. The molecule has 32 heavy (non-hydrogen) atoms. The lowest BCUT2D eigenvalue weighted by molar-refractivity contribution is 0.0692. The number of carbonyl (C=O) groups excluding carboxylic acids is 2. The molecule has 2 amide bonds. The number of hydrogen-bond acceptors (Lipinski definition) is 5. The van der Waals surface area contributed by atoms with Crippen LogP contribution in [0.4, 0.5) is 0 Å². The number of nitrogens with one attached hydrogen (secondary N) is 1. The van der Waals surface area contributed by atoms with Crippen LogP contribution >= 0.6 is 0 Å². The Morgan fingerprint density at radius 1 is 1.03 bits per heavy atom. The molecule has 1 saturated heterocycles. The van der Waals surface area contributed by atoms with E-state index < -0.39 is 0 Å². The van der Waals surface area contributed by atoms with Gasteiger partial charge in [-0.2, -0.15) is 0 Å². The van der Waals surface area contributed by atoms with Gasteiger partial charge in [-0.25, -0.2) is 4.68 Å². The summed E-state index contributed by atoms with van der Waals surface area (Å²) in [6.07, 6.45) is 3.06. The second kappa shape index (κ2) is 9.21. The van der Waals surface area contributed by atoms with E-state index in [4.69, 9.17) is 4.74 Å². The first-order chi connectivity index (χ1) is 15.4. The van der Waals surface area contributed by atoms with Gasteiger partial charge in [0.1, 0.15) is 5.75 Å². The fourth-order valence-electron chi connectivity index (χ4n) is 3.97. The molecule has 2 aromatic carbocycles. The van der Waals surface area contributed by atoms with Gasteiger partial charge in [-0.15, -0.1) is 5.10 Å². The number of methoxy groups -OCH3 is 1. The van der Waals surface area contributed by atoms with Gasteiger partial charge in [-0.1, -0.05) is 11.3 Å². The Balaban J connectivity index is 1.33. The van der Waals surface area contributed by atoms with Crippen molar-refractivity contribution in [1.82, 2.24) is 25.2 Å². The van der Waals surface area contributed by atoms with Crippen LogP contribution in [-0.4, -0.2) is 57.9 Å². The zero-order chi connectivity index (χ0) is 22.7. The molecule has 8 heteroatoms. The molecule has 0 spiro atoms. The summed E-state index contributed by atoms with van der Waals surface area (Å²) in [6, 6.07) is 13.1. The van der Waals surface area contributed by atoms with E-state index in [2.05, 4.69) is 21.7 Å². The normalized spacial score (nSPS) is 14.3. The molecule has 3 aromatic rings. The zero-order valence-corrected chi connectivity index (χ0v) is 18.5. The van der Waals surface area contributed by atoms with Gasteiger partial charge in [0.25, 0.3) is 11.8 Å². The Morgan fingerprint density at radius 3 is 2.31 bits per heavy atom. The van der Waals surface area contributed by atoms with E-state index >= 15 is 0 Å². The Morgan fingerprint density at radius 2 is 1.69 bits per heavy atom.